The summed E-state index contributed by atoms with van der Waals surface area (Å²) in [6.45, 7) is 4.33. The first-order chi connectivity index (χ1) is 13.0. The highest BCUT2D eigenvalue weighted by atomic mass is 15.1. The van der Waals surface area contributed by atoms with Crippen molar-refractivity contribution in [2.75, 3.05) is 19.0 Å². The molecular formula is C25H24N2. The van der Waals surface area contributed by atoms with Crippen molar-refractivity contribution in [3.8, 4) is 22.4 Å². The maximum absolute atomic E-state index is 5.00. The molecule has 2 heteroatoms. The summed E-state index contributed by atoms with van der Waals surface area (Å²) in [5.41, 5.74) is 7.18. The molecule has 0 N–H and O–H groups in total. The van der Waals surface area contributed by atoms with Crippen molar-refractivity contribution >= 4 is 16.6 Å². The third-order valence-corrected chi connectivity index (χ3v) is 5.11. The maximum atomic E-state index is 5.00. The minimum absolute atomic E-state index is 1.01. The van der Waals surface area contributed by atoms with E-state index in [9.17, 15) is 0 Å². The Morgan fingerprint density at radius 2 is 1.33 bits per heavy atom. The van der Waals surface area contributed by atoms with E-state index in [0.717, 1.165) is 17.1 Å². The van der Waals surface area contributed by atoms with Crippen molar-refractivity contribution in [1.29, 1.82) is 0 Å². The quantitative estimate of drug-likeness (QED) is 0.433. The van der Waals surface area contributed by atoms with Gasteiger partial charge in [-0.15, -0.1) is 0 Å². The third kappa shape index (κ3) is 3.31. The Kier molecular flexibility index (Phi) is 4.41. The molecule has 1 aromatic heterocycles. The number of hydrogen-bond donors (Lipinski definition) is 0. The van der Waals surface area contributed by atoms with Gasteiger partial charge >= 0.3 is 0 Å². The third-order valence-electron chi connectivity index (χ3n) is 5.11. The zero-order valence-electron chi connectivity index (χ0n) is 16.3. The van der Waals surface area contributed by atoms with Crippen molar-refractivity contribution in [3.63, 3.8) is 0 Å². The monoisotopic (exact) mass is 352 g/mol. The van der Waals surface area contributed by atoms with Gasteiger partial charge in [-0.25, -0.2) is 4.98 Å². The molecule has 134 valence electrons. The van der Waals surface area contributed by atoms with Crippen LogP contribution in [0.5, 0.6) is 0 Å². The summed E-state index contributed by atoms with van der Waals surface area (Å²) in [4.78, 5) is 7.10. The van der Waals surface area contributed by atoms with Gasteiger partial charge in [0.15, 0.2) is 0 Å². The van der Waals surface area contributed by atoms with Gasteiger partial charge in [0.2, 0.25) is 0 Å². The van der Waals surface area contributed by atoms with Gasteiger partial charge < -0.3 is 4.90 Å². The normalized spacial score (nSPS) is 11.0. The van der Waals surface area contributed by atoms with E-state index in [4.69, 9.17) is 4.98 Å². The number of hydrogen-bond acceptors (Lipinski definition) is 2. The molecule has 0 bridgehead atoms. The fourth-order valence-corrected chi connectivity index (χ4v) is 3.48. The van der Waals surface area contributed by atoms with E-state index in [-0.39, 0.29) is 0 Å². The summed E-state index contributed by atoms with van der Waals surface area (Å²) in [5, 5.41) is 2.43. The lowest BCUT2D eigenvalue weighted by molar-refractivity contribution is 1.08. The SMILES string of the molecule is Cc1cc2cc(-c3cccc(-c4ccccc4)c3)nc(N(C)C)c2cc1C. The molecular weight excluding hydrogens is 328 g/mol. The van der Waals surface area contributed by atoms with E-state index >= 15 is 0 Å². The number of aromatic nitrogens is 1. The molecule has 0 spiro atoms. The van der Waals surface area contributed by atoms with Gasteiger partial charge in [-0.05, 0) is 59.7 Å². The second-order valence-electron chi connectivity index (χ2n) is 7.33. The summed E-state index contributed by atoms with van der Waals surface area (Å²) in [5.74, 6) is 1.01. The van der Waals surface area contributed by atoms with E-state index in [1.165, 1.54) is 33.0 Å². The fourth-order valence-electron chi connectivity index (χ4n) is 3.48. The van der Waals surface area contributed by atoms with Crippen LogP contribution in [0.25, 0.3) is 33.2 Å². The molecule has 0 saturated carbocycles. The molecule has 0 aliphatic heterocycles. The Bertz CT molecular complexity index is 1110. The number of aryl methyl sites for hydroxylation is 2. The van der Waals surface area contributed by atoms with Crippen LogP contribution >= 0.6 is 0 Å². The van der Waals surface area contributed by atoms with Crippen LogP contribution in [0.4, 0.5) is 5.82 Å². The number of benzene rings is 3. The van der Waals surface area contributed by atoms with Crippen molar-refractivity contribution < 1.29 is 0 Å². The van der Waals surface area contributed by atoms with E-state index in [0.29, 0.717) is 0 Å². The zero-order valence-corrected chi connectivity index (χ0v) is 16.3. The lowest BCUT2D eigenvalue weighted by Gasteiger charge is -2.17. The van der Waals surface area contributed by atoms with Crippen molar-refractivity contribution in [2.24, 2.45) is 0 Å². The number of fused-ring (bicyclic) bond motifs is 1. The maximum Gasteiger partial charge on any atom is 0.136 e. The molecule has 0 amide bonds. The Hall–Kier alpha value is -3.13. The van der Waals surface area contributed by atoms with Crippen molar-refractivity contribution in [3.05, 3.63) is 83.9 Å². The second kappa shape index (κ2) is 6.88. The van der Waals surface area contributed by atoms with Gasteiger partial charge in [0, 0.05) is 25.0 Å². The first-order valence-corrected chi connectivity index (χ1v) is 9.28. The van der Waals surface area contributed by atoms with Gasteiger partial charge in [-0.1, -0.05) is 54.6 Å². The number of anilines is 1. The average molecular weight is 352 g/mol. The van der Waals surface area contributed by atoms with Crippen LogP contribution in [0.15, 0.2) is 72.8 Å². The lowest BCUT2D eigenvalue weighted by atomic mass is 9.99. The zero-order chi connectivity index (χ0) is 19.0. The van der Waals surface area contributed by atoms with E-state index < -0.39 is 0 Å². The average Bonchev–Trinajstić information content (AvgIpc) is 2.69. The molecule has 3 aromatic carbocycles. The fraction of sp³-hybridized carbons (Fsp3) is 0.160. The van der Waals surface area contributed by atoms with Crippen LogP contribution in [-0.4, -0.2) is 19.1 Å². The summed E-state index contributed by atoms with van der Waals surface area (Å²) >= 11 is 0. The van der Waals surface area contributed by atoms with Crippen molar-refractivity contribution in [2.45, 2.75) is 13.8 Å². The van der Waals surface area contributed by atoms with Crippen LogP contribution in [0.1, 0.15) is 11.1 Å². The number of rotatable bonds is 3. The summed E-state index contributed by atoms with van der Waals surface area (Å²) < 4.78 is 0. The van der Waals surface area contributed by atoms with E-state index in [1.54, 1.807) is 0 Å². The summed E-state index contributed by atoms with van der Waals surface area (Å²) in [7, 11) is 4.11. The van der Waals surface area contributed by atoms with Crippen LogP contribution in [0, 0.1) is 13.8 Å². The molecule has 1 heterocycles. The molecule has 0 radical (unpaired) electrons. The molecule has 0 unspecified atom stereocenters. The van der Waals surface area contributed by atoms with Gasteiger partial charge in [-0.2, -0.15) is 0 Å². The predicted molar refractivity (Wildman–Crippen MR) is 116 cm³/mol. The van der Waals surface area contributed by atoms with Crippen molar-refractivity contribution in [1.82, 2.24) is 4.98 Å². The molecule has 0 aliphatic carbocycles. The van der Waals surface area contributed by atoms with Crippen LogP contribution < -0.4 is 4.90 Å². The molecule has 0 fully saturated rings. The molecule has 2 nitrogen and oxygen atoms in total. The van der Waals surface area contributed by atoms with Crippen LogP contribution in [0.3, 0.4) is 0 Å². The largest absolute Gasteiger partial charge is 0.362 e. The molecule has 4 aromatic rings. The minimum atomic E-state index is 1.01. The van der Waals surface area contributed by atoms with Gasteiger partial charge in [0.05, 0.1) is 5.69 Å². The number of nitrogens with zero attached hydrogens (tertiary/aromatic N) is 2. The van der Waals surface area contributed by atoms with Gasteiger partial charge in [-0.3, -0.25) is 0 Å². The first kappa shape index (κ1) is 17.3. The summed E-state index contributed by atoms with van der Waals surface area (Å²) in [6.07, 6.45) is 0. The Balaban J connectivity index is 1.91. The molecule has 27 heavy (non-hydrogen) atoms. The second-order valence-corrected chi connectivity index (χ2v) is 7.33. The molecule has 0 saturated heterocycles. The minimum Gasteiger partial charge on any atom is -0.362 e. The standard InChI is InChI=1S/C25H24N2/c1-17-13-22-16-24(26-25(27(3)4)23(22)14-18(17)2)21-12-8-11-20(15-21)19-9-6-5-7-10-19/h5-16H,1-4H3. The van der Waals surface area contributed by atoms with E-state index in [2.05, 4.69) is 99.6 Å². The van der Waals surface area contributed by atoms with E-state index in [1.807, 2.05) is 6.07 Å². The first-order valence-electron chi connectivity index (χ1n) is 9.28. The van der Waals surface area contributed by atoms with Gasteiger partial charge in [0.25, 0.3) is 0 Å². The van der Waals surface area contributed by atoms with Crippen LogP contribution in [-0.2, 0) is 0 Å². The van der Waals surface area contributed by atoms with Crippen LogP contribution in [0.2, 0.25) is 0 Å². The highest BCUT2D eigenvalue weighted by Crippen LogP contribution is 2.32. The topological polar surface area (TPSA) is 16.1 Å². The smallest absolute Gasteiger partial charge is 0.136 e. The molecule has 0 aliphatic rings. The highest BCUT2D eigenvalue weighted by Gasteiger charge is 2.11. The number of pyridine rings is 1. The predicted octanol–water partition coefficient (Wildman–Crippen LogP) is 6.25. The highest BCUT2D eigenvalue weighted by molar-refractivity contribution is 5.96. The van der Waals surface area contributed by atoms with Gasteiger partial charge in [0.1, 0.15) is 5.82 Å². The summed E-state index contributed by atoms with van der Waals surface area (Å²) in [6, 6.07) is 25.8. The Morgan fingerprint density at radius 1 is 0.667 bits per heavy atom. The Morgan fingerprint density at radius 3 is 2.07 bits per heavy atom. The molecule has 4 rings (SSSR count). The Labute approximate surface area is 161 Å². The molecule has 0 atom stereocenters. The lowest BCUT2D eigenvalue weighted by Crippen LogP contribution is -2.11.